The number of fused-ring (bicyclic) bond motifs is 1. The van der Waals surface area contributed by atoms with Gasteiger partial charge in [0.05, 0.1) is 0 Å². The van der Waals surface area contributed by atoms with Gasteiger partial charge in [-0.25, -0.2) is 0 Å². The number of esters is 3. The van der Waals surface area contributed by atoms with Gasteiger partial charge in [0, 0.05) is 26.7 Å². The fraction of sp³-hybridized carbons (Fsp3) is 0.750. The lowest BCUT2D eigenvalue weighted by Gasteiger charge is -2.21. The third-order valence-corrected chi connectivity index (χ3v) is 3.20. The van der Waals surface area contributed by atoms with E-state index in [0.29, 0.717) is 6.42 Å². The molecule has 0 unspecified atom stereocenters. The first-order valence-corrected chi connectivity index (χ1v) is 6.00. The van der Waals surface area contributed by atoms with E-state index in [0.717, 1.165) is 0 Å². The van der Waals surface area contributed by atoms with Crippen molar-refractivity contribution < 1.29 is 33.3 Å². The molecule has 0 bridgehead atoms. The Labute approximate surface area is 110 Å². The Morgan fingerprint density at radius 1 is 1.11 bits per heavy atom. The molecule has 0 aromatic carbocycles. The van der Waals surface area contributed by atoms with Crippen molar-refractivity contribution in [1.29, 1.82) is 0 Å². The van der Waals surface area contributed by atoms with Crippen LogP contribution in [0.2, 0.25) is 0 Å². The summed E-state index contributed by atoms with van der Waals surface area (Å²) in [6, 6.07) is 0. The molecule has 1 saturated heterocycles. The predicted molar refractivity (Wildman–Crippen MR) is 59.7 cm³/mol. The third kappa shape index (κ3) is 2.86. The monoisotopic (exact) mass is 272 g/mol. The van der Waals surface area contributed by atoms with Crippen molar-refractivity contribution in [3.05, 3.63) is 0 Å². The van der Waals surface area contributed by atoms with Gasteiger partial charge in [0.25, 0.3) is 0 Å². The molecule has 0 aromatic heterocycles. The lowest BCUT2D eigenvalue weighted by molar-refractivity contribution is -0.209. The molecule has 106 valence electrons. The minimum absolute atomic E-state index is 0.0720. The Morgan fingerprint density at radius 2 is 1.74 bits per heavy atom. The first-order chi connectivity index (χ1) is 8.84. The third-order valence-electron chi connectivity index (χ3n) is 3.20. The van der Waals surface area contributed by atoms with E-state index < -0.39 is 35.9 Å². The summed E-state index contributed by atoms with van der Waals surface area (Å²) in [5, 5.41) is 0. The number of rotatable bonds is 4. The first-order valence-electron chi connectivity index (χ1n) is 6.00. The standard InChI is InChI=1S/C12H16O7/c1-6(13)16-5-12-4-9(12)10(17-7(2)14)11(19-12)18-8(3)15/h9-11H,4-5H2,1-3H3/t9-,10+,11+,12+/m0/s1. The predicted octanol–water partition coefficient (Wildman–Crippen LogP) is 0.159. The highest BCUT2D eigenvalue weighted by Crippen LogP contribution is 2.57. The lowest BCUT2D eigenvalue weighted by atomic mass is 10.2. The Morgan fingerprint density at radius 3 is 2.26 bits per heavy atom. The van der Waals surface area contributed by atoms with Crippen molar-refractivity contribution in [3.8, 4) is 0 Å². The molecule has 0 spiro atoms. The molecule has 0 aromatic rings. The largest absolute Gasteiger partial charge is 0.463 e. The van der Waals surface area contributed by atoms with Gasteiger partial charge in [-0.15, -0.1) is 0 Å². The van der Waals surface area contributed by atoms with Gasteiger partial charge in [-0.05, 0) is 6.42 Å². The van der Waals surface area contributed by atoms with Crippen LogP contribution in [0.15, 0.2) is 0 Å². The summed E-state index contributed by atoms with van der Waals surface area (Å²) in [5.41, 5.74) is -0.689. The molecular formula is C12H16O7. The van der Waals surface area contributed by atoms with Gasteiger partial charge in [0.1, 0.15) is 12.2 Å². The summed E-state index contributed by atoms with van der Waals surface area (Å²) < 4.78 is 20.6. The SMILES string of the molecule is CC(=O)OC[C@]12C[C@H]1[C@@H](OC(C)=O)[C@H](OC(C)=O)O2. The Hall–Kier alpha value is -1.63. The summed E-state index contributed by atoms with van der Waals surface area (Å²) in [5.74, 6) is -1.52. The normalized spacial score (nSPS) is 35.2. The number of hydrogen-bond donors (Lipinski definition) is 0. The van der Waals surface area contributed by atoms with Crippen LogP contribution in [0.25, 0.3) is 0 Å². The maximum absolute atomic E-state index is 11.1. The van der Waals surface area contributed by atoms with Crippen LogP contribution in [0, 0.1) is 5.92 Å². The molecular weight excluding hydrogens is 256 g/mol. The molecule has 2 rings (SSSR count). The van der Waals surface area contributed by atoms with Crippen LogP contribution in [0.3, 0.4) is 0 Å². The summed E-state index contributed by atoms with van der Waals surface area (Å²) in [6.07, 6.45) is -0.969. The molecule has 1 heterocycles. The quantitative estimate of drug-likeness (QED) is 0.532. The smallest absolute Gasteiger partial charge is 0.305 e. The average Bonchev–Trinajstić information content (AvgIpc) is 2.90. The Bertz CT molecular complexity index is 418. The van der Waals surface area contributed by atoms with E-state index in [2.05, 4.69) is 0 Å². The summed E-state index contributed by atoms with van der Waals surface area (Å²) in [7, 11) is 0. The van der Waals surface area contributed by atoms with Gasteiger partial charge in [-0.2, -0.15) is 0 Å². The van der Waals surface area contributed by atoms with Crippen LogP contribution in [0.1, 0.15) is 27.2 Å². The van der Waals surface area contributed by atoms with Crippen molar-refractivity contribution in [3.63, 3.8) is 0 Å². The van der Waals surface area contributed by atoms with Crippen LogP contribution < -0.4 is 0 Å². The molecule has 1 saturated carbocycles. The Balaban J connectivity index is 2.03. The van der Waals surface area contributed by atoms with Gasteiger partial charge < -0.3 is 18.9 Å². The Kier molecular flexibility index (Phi) is 3.49. The van der Waals surface area contributed by atoms with Crippen molar-refractivity contribution in [1.82, 2.24) is 0 Å². The average molecular weight is 272 g/mol. The van der Waals surface area contributed by atoms with Crippen LogP contribution >= 0.6 is 0 Å². The van der Waals surface area contributed by atoms with Crippen LogP contribution in [-0.4, -0.2) is 42.5 Å². The van der Waals surface area contributed by atoms with Gasteiger partial charge in [-0.1, -0.05) is 0 Å². The number of ether oxygens (including phenoxy) is 4. The van der Waals surface area contributed by atoms with Crippen molar-refractivity contribution in [2.24, 2.45) is 5.92 Å². The van der Waals surface area contributed by atoms with E-state index in [1.807, 2.05) is 0 Å². The molecule has 0 N–H and O–H groups in total. The number of hydrogen-bond acceptors (Lipinski definition) is 7. The summed E-state index contributed by atoms with van der Waals surface area (Å²) >= 11 is 0. The van der Waals surface area contributed by atoms with E-state index >= 15 is 0 Å². The fourth-order valence-corrected chi connectivity index (χ4v) is 2.36. The molecule has 7 heteroatoms. The molecule has 0 radical (unpaired) electrons. The highest BCUT2D eigenvalue weighted by Gasteiger charge is 2.70. The van der Waals surface area contributed by atoms with Gasteiger partial charge in [0.2, 0.25) is 6.29 Å². The molecule has 1 aliphatic heterocycles. The summed E-state index contributed by atoms with van der Waals surface area (Å²) in [4.78, 5) is 32.9. The van der Waals surface area contributed by atoms with Gasteiger partial charge in [-0.3, -0.25) is 14.4 Å². The maximum atomic E-state index is 11.1. The molecule has 19 heavy (non-hydrogen) atoms. The van der Waals surface area contributed by atoms with Crippen LogP contribution in [-0.2, 0) is 33.3 Å². The molecule has 0 amide bonds. The van der Waals surface area contributed by atoms with Crippen molar-refractivity contribution in [2.75, 3.05) is 6.61 Å². The highest BCUT2D eigenvalue weighted by molar-refractivity contribution is 5.68. The topological polar surface area (TPSA) is 88.1 Å². The fourth-order valence-electron chi connectivity index (χ4n) is 2.36. The van der Waals surface area contributed by atoms with Crippen molar-refractivity contribution >= 4 is 17.9 Å². The van der Waals surface area contributed by atoms with E-state index in [1.54, 1.807) is 0 Å². The zero-order valence-corrected chi connectivity index (χ0v) is 11.0. The second kappa shape index (κ2) is 4.80. The molecule has 1 aliphatic carbocycles. The van der Waals surface area contributed by atoms with E-state index in [1.165, 1.54) is 20.8 Å². The van der Waals surface area contributed by atoms with Crippen LogP contribution in [0.5, 0.6) is 0 Å². The minimum atomic E-state index is -0.935. The zero-order chi connectivity index (χ0) is 14.2. The molecule has 7 nitrogen and oxygen atoms in total. The van der Waals surface area contributed by atoms with E-state index in [-0.39, 0.29) is 12.5 Å². The maximum Gasteiger partial charge on any atom is 0.305 e. The summed E-state index contributed by atoms with van der Waals surface area (Å²) in [6.45, 7) is 3.90. The second-order valence-corrected chi connectivity index (χ2v) is 4.83. The zero-order valence-electron chi connectivity index (χ0n) is 11.0. The number of carbonyl (C=O) groups excluding carboxylic acids is 3. The van der Waals surface area contributed by atoms with E-state index in [4.69, 9.17) is 18.9 Å². The molecule has 2 aliphatic rings. The van der Waals surface area contributed by atoms with Gasteiger partial charge >= 0.3 is 17.9 Å². The second-order valence-electron chi connectivity index (χ2n) is 4.83. The first kappa shape index (κ1) is 13.8. The van der Waals surface area contributed by atoms with Crippen LogP contribution in [0.4, 0.5) is 0 Å². The van der Waals surface area contributed by atoms with Crippen molar-refractivity contribution in [2.45, 2.75) is 45.2 Å². The minimum Gasteiger partial charge on any atom is -0.463 e. The van der Waals surface area contributed by atoms with Gasteiger partial charge in [0.15, 0.2) is 6.10 Å². The highest BCUT2D eigenvalue weighted by atomic mass is 16.7. The molecule has 4 atom stereocenters. The number of carbonyl (C=O) groups is 3. The lowest BCUT2D eigenvalue weighted by Crippen LogP contribution is -2.34. The van der Waals surface area contributed by atoms with E-state index in [9.17, 15) is 14.4 Å². The molecule has 2 fully saturated rings.